The maximum absolute atomic E-state index is 11.0. The van der Waals surface area contributed by atoms with Crippen LogP contribution in [0.2, 0.25) is 0 Å². The van der Waals surface area contributed by atoms with Crippen molar-refractivity contribution in [2.75, 3.05) is 39.4 Å². The smallest absolute Gasteiger partial charge is 0.317 e. The lowest BCUT2D eigenvalue weighted by Crippen LogP contribution is -2.44. The van der Waals surface area contributed by atoms with Crippen LogP contribution in [0.15, 0.2) is 12.3 Å². The molecule has 7 nitrogen and oxygen atoms in total. The molecule has 7 heteroatoms. The average molecular weight is 308 g/mol. The van der Waals surface area contributed by atoms with Crippen LogP contribution < -0.4 is 0 Å². The lowest BCUT2D eigenvalue weighted by Gasteiger charge is -2.30. The van der Waals surface area contributed by atoms with E-state index >= 15 is 0 Å². The number of aromatic nitrogens is 2. The molecule has 2 fully saturated rings. The van der Waals surface area contributed by atoms with Crippen molar-refractivity contribution in [1.29, 1.82) is 0 Å². The van der Waals surface area contributed by atoms with Gasteiger partial charge in [-0.2, -0.15) is 5.10 Å². The van der Waals surface area contributed by atoms with Crippen LogP contribution in [0.3, 0.4) is 0 Å². The maximum Gasteiger partial charge on any atom is 0.317 e. The Kier molecular flexibility index (Phi) is 4.75. The zero-order chi connectivity index (χ0) is 15.5. The first kappa shape index (κ1) is 15.5. The van der Waals surface area contributed by atoms with E-state index in [0.29, 0.717) is 19.1 Å². The number of aryl methyl sites for hydroxylation is 1. The van der Waals surface area contributed by atoms with Crippen molar-refractivity contribution in [3.05, 3.63) is 18.0 Å². The van der Waals surface area contributed by atoms with Crippen molar-refractivity contribution in [1.82, 2.24) is 19.6 Å². The summed E-state index contributed by atoms with van der Waals surface area (Å²) in [6.45, 7) is 7.74. The van der Waals surface area contributed by atoms with Gasteiger partial charge in [-0.25, -0.2) is 0 Å². The fourth-order valence-electron chi connectivity index (χ4n) is 3.41. The van der Waals surface area contributed by atoms with Crippen LogP contribution in [-0.2, 0) is 22.6 Å². The number of carbonyl (C=O) groups is 1. The van der Waals surface area contributed by atoms with Crippen LogP contribution in [0, 0.1) is 5.92 Å². The minimum atomic E-state index is -0.755. The standard InChI is InChI=1S/C15H24N4O3/c1-2-19-4-3-13(16-19)7-18-6-12-5-17(9-15(20)21)8-14(18)11-22-10-12/h3-4,12,14H,2,5-11H2,1H3,(H,20,21)/t12-,14-/m0/s1. The second-order valence-electron chi connectivity index (χ2n) is 6.24. The lowest BCUT2D eigenvalue weighted by molar-refractivity contribution is -0.138. The zero-order valence-electron chi connectivity index (χ0n) is 13.0. The van der Waals surface area contributed by atoms with Crippen LogP contribution >= 0.6 is 0 Å². The summed E-state index contributed by atoms with van der Waals surface area (Å²) in [4.78, 5) is 15.5. The van der Waals surface area contributed by atoms with E-state index in [0.717, 1.165) is 38.4 Å². The molecule has 0 saturated carbocycles. The molecule has 122 valence electrons. The molecule has 3 rings (SSSR count). The maximum atomic E-state index is 11.0. The summed E-state index contributed by atoms with van der Waals surface area (Å²) in [6.07, 6.45) is 2.01. The predicted molar refractivity (Wildman–Crippen MR) is 80.5 cm³/mol. The monoisotopic (exact) mass is 308 g/mol. The van der Waals surface area contributed by atoms with Gasteiger partial charge in [0.1, 0.15) is 0 Å². The molecule has 0 amide bonds. The molecule has 3 heterocycles. The van der Waals surface area contributed by atoms with Gasteiger partial charge in [0.25, 0.3) is 0 Å². The SMILES string of the molecule is CCn1ccc(CN2C[C@H]3COC[C@@H]2CN(CC(=O)O)C3)n1. The van der Waals surface area contributed by atoms with Gasteiger partial charge in [-0.3, -0.25) is 19.3 Å². The highest BCUT2D eigenvalue weighted by atomic mass is 16.5. The average Bonchev–Trinajstić information content (AvgIpc) is 2.74. The first-order valence-corrected chi connectivity index (χ1v) is 7.92. The lowest BCUT2D eigenvalue weighted by atomic mass is 10.1. The molecule has 1 N–H and O–H groups in total. The van der Waals surface area contributed by atoms with Gasteiger partial charge in [-0.15, -0.1) is 0 Å². The molecule has 0 unspecified atom stereocenters. The van der Waals surface area contributed by atoms with Gasteiger partial charge in [0.05, 0.1) is 25.5 Å². The molecule has 2 aliphatic heterocycles. The van der Waals surface area contributed by atoms with Crippen molar-refractivity contribution >= 4 is 5.97 Å². The molecule has 0 spiro atoms. The largest absolute Gasteiger partial charge is 0.480 e. The molecule has 1 aromatic heterocycles. The molecule has 1 aromatic rings. The minimum Gasteiger partial charge on any atom is -0.480 e. The van der Waals surface area contributed by atoms with Gasteiger partial charge < -0.3 is 9.84 Å². The first-order chi connectivity index (χ1) is 10.6. The van der Waals surface area contributed by atoms with Gasteiger partial charge in [0, 0.05) is 50.9 Å². The van der Waals surface area contributed by atoms with E-state index in [1.807, 2.05) is 15.8 Å². The summed E-state index contributed by atoms with van der Waals surface area (Å²) in [5, 5.41) is 13.6. The quantitative estimate of drug-likeness (QED) is 0.833. The summed E-state index contributed by atoms with van der Waals surface area (Å²) in [7, 11) is 0. The molecule has 0 radical (unpaired) electrons. The van der Waals surface area contributed by atoms with E-state index in [9.17, 15) is 4.79 Å². The summed E-state index contributed by atoms with van der Waals surface area (Å²) < 4.78 is 7.70. The van der Waals surface area contributed by atoms with E-state index in [1.165, 1.54) is 0 Å². The number of hydrogen-bond acceptors (Lipinski definition) is 5. The van der Waals surface area contributed by atoms with Crippen LogP contribution in [0.5, 0.6) is 0 Å². The van der Waals surface area contributed by atoms with E-state index in [4.69, 9.17) is 9.84 Å². The Bertz CT molecular complexity index is 519. The molecule has 0 aliphatic carbocycles. The number of fused-ring (bicyclic) bond motifs is 3. The Morgan fingerprint density at radius 3 is 3.00 bits per heavy atom. The third-order valence-corrected chi connectivity index (χ3v) is 4.40. The molecular formula is C15H24N4O3. The molecular weight excluding hydrogens is 284 g/mol. The van der Waals surface area contributed by atoms with Crippen molar-refractivity contribution in [3.63, 3.8) is 0 Å². The molecule has 22 heavy (non-hydrogen) atoms. The fraction of sp³-hybridized carbons (Fsp3) is 0.733. The van der Waals surface area contributed by atoms with Crippen LogP contribution in [0.25, 0.3) is 0 Å². The summed E-state index contributed by atoms with van der Waals surface area (Å²) in [5.41, 5.74) is 1.07. The normalized spacial score (nSPS) is 26.8. The molecule has 2 bridgehead atoms. The van der Waals surface area contributed by atoms with Gasteiger partial charge in [0.2, 0.25) is 0 Å². The number of carboxylic acid groups (broad SMARTS) is 1. The van der Waals surface area contributed by atoms with Crippen molar-refractivity contribution in [2.45, 2.75) is 26.1 Å². The van der Waals surface area contributed by atoms with Gasteiger partial charge in [0.15, 0.2) is 0 Å². The van der Waals surface area contributed by atoms with Gasteiger partial charge >= 0.3 is 5.97 Å². The summed E-state index contributed by atoms with van der Waals surface area (Å²) in [5.74, 6) is -0.394. The topological polar surface area (TPSA) is 70.8 Å². The van der Waals surface area contributed by atoms with E-state index < -0.39 is 5.97 Å². The third kappa shape index (κ3) is 3.66. The Labute approximate surface area is 130 Å². The third-order valence-electron chi connectivity index (χ3n) is 4.40. The predicted octanol–water partition coefficient (Wildman–Crippen LogP) is 0.120. The Morgan fingerprint density at radius 1 is 1.41 bits per heavy atom. The van der Waals surface area contributed by atoms with Crippen LogP contribution in [0.1, 0.15) is 12.6 Å². The van der Waals surface area contributed by atoms with Crippen molar-refractivity contribution < 1.29 is 14.6 Å². The van der Waals surface area contributed by atoms with E-state index in [1.54, 1.807) is 0 Å². The van der Waals surface area contributed by atoms with Crippen molar-refractivity contribution in [2.24, 2.45) is 5.92 Å². The highest BCUT2D eigenvalue weighted by Gasteiger charge is 2.34. The molecule has 2 atom stereocenters. The van der Waals surface area contributed by atoms with Crippen LogP contribution in [-0.4, -0.2) is 76.1 Å². The first-order valence-electron chi connectivity index (χ1n) is 7.92. The highest BCUT2D eigenvalue weighted by molar-refractivity contribution is 5.69. The molecule has 2 saturated heterocycles. The number of hydrogen-bond donors (Lipinski definition) is 1. The number of nitrogens with zero attached hydrogens (tertiary/aromatic N) is 4. The number of carboxylic acids is 1. The number of rotatable bonds is 5. The fourth-order valence-corrected chi connectivity index (χ4v) is 3.41. The Balaban J connectivity index is 1.70. The summed E-state index contributed by atoms with van der Waals surface area (Å²) >= 11 is 0. The van der Waals surface area contributed by atoms with E-state index in [-0.39, 0.29) is 12.6 Å². The Morgan fingerprint density at radius 2 is 2.27 bits per heavy atom. The molecule has 2 aliphatic rings. The summed E-state index contributed by atoms with van der Waals surface area (Å²) in [6, 6.07) is 2.30. The Hall–Kier alpha value is -1.44. The second-order valence-corrected chi connectivity index (χ2v) is 6.24. The van der Waals surface area contributed by atoms with Crippen molar-refractivity contribution in [3.8, 4) is 0 Å². The minimum absolute atomic E-state index is 0.116. The van der Waals surface area contributed by atoms with E-state index in [2.05, 4.69) is 23.0 Å². The second kappa shape index (κ2) is 6.76. The van der Waals surface area contributed by atoms with Gasteiger partial charge in [-0.1, -0.05) is 0 Å². The highest BCUT2D eigenvalue weighted by Crippen LogP contribution is 2.21. The number of ether oxygens (including phenoxy) is 1. The zero-order valence-corrected chi connectivity index (χ0v) is 13.0. The molecule has 0 aromatic carbocycles. The van der Waals surface area contributed by atoms with Gasteiger partial charge in [-0.05, 0) is 13.0 Å². The van der Waals surface area contributed by atoms with Crippen LogP contribution in [0.4, 0.5) is 0 Å². The number of aliphatic carboxylic acids is 1.